The molecule has 2 aliphatic rings. The molecule has 2 heteroatoms. The minimum atomic E-state index is 0.150. The summed E-state index contributed by atoms with van der Waals surface area (Å²) in [4.78, 5) is 0. The van der Waals surface area contributed by atoms with Crippen molar-refractivity contribution in [3.8, 4) is 0 Å². The molecular weight excluding hydrogens is 186 g/mol. The van der Waals surface area contributed by atoms with Gasteiger partial charge in [0.05, 0.1) is 0 Å². The first-order valence-corrected chi connectivity index (χ1v) is 6.61. The van der Waals surface area contributed by atoms with Crippen molar-refractivity contribution in [1.82, 2.24) is 5.32 Å². The van der Waals surface area contributed by atoms with Crippen LogP contribution in [0.4, 0.5) is 0 Å². The van der Waals surface area contributed by atoms with Crippen molar-refractivity contribution in [2.45, 2.75) is 70.4 Å². The lowest BCUT2D eigenvalue weighted by Gasteiger charge is -2.35. The second kappa shape index (κ2) is 4.84. The van der Waals surface area contributed by atoms with Crippen LogP contribution in [0, 0.1) is 5.41 Å². The largest absolute Gasteiger partial charge is 0.396 e. The number of hydrogen-bond acceptors (Lipinski definition) is 2. The number of rotatable bonds is 3. The molecule has 0 saturated heterocycles. The van der Waals surface area contributed by atoms with Gasteiger partial charge in [-0.05, 0) is 25.7 Å². The van der Waals surface area contributed by atoms with Gasteiger partial charge in [-0.1, -0.05) is 32.6 Å². The molecule has 0 aliphatic heterocycles. The number of aliphatic hydroxyl groups is 1. The summed E-state index contributed by atoms with van der Waals surface area (Å²) in [6.45, 7) is 2.58. The van der Waals surface area contributed by atoms with Gasteiger partial charge in [0.15, 0.2) is 0 Å². The Labute approximate surface area is 93.5 Å². The zero-order valence-corrected chi connectivity index (χ0v) is 9.97. The van der Waals surface area contributed by atoms with Crippen molar-refractivity contribution in [3.63, 3.8) is 0 Å². The summed E-state index contributed by atoms with van der Waals surface area (Å²) in [6.07, 6.45) is 10.6. The molecular formula is C13H25NO. The van der Waals surface area contributed by atoms with Crippen LogP contribution in [-0.2, 0) is 0 Å². The second-order valence-electron chi connectivity index (χ2n) is 5.76. The molecule has 0 amide bonds. The van der Waals surface area contributed by atoms with Gasteiger partial charge in [0.25, 0.3) is 0 Å². The fourth-order valence-corrected chi connectivity index (χ4v) is 3.26. The molecule has 0 heterocycles. The van der Waals surface area contributed by atoms with Crippen LogP contribution in [0.15, 0.2) is 0 Å². The molecule has 2 N–H and O–H groups in total. The third kappa shape index (κ3) is 2.54. The van der Waals surface area contributed by atoms with Crippen molar-refractivity contribution in [1.29, 1.82) is 0 Å². The Hall–Kier alpha value is -0.0800. The van der Waals surface area contributed by atoms with Crippen LogP contribution >= 0.6 is 0 Å². The fourth-order valence-electron chi connectivity index (χ4n) is 3.26. The second-order valence-corrected chi connectivity index (χ2v) is 5.76. The van der Waals surface area contributed by atoms with E-state index in [4.69, 9.17) is 0 Å². The topological polar surface area (TPSA) is 32.3 Å². The van der Waals surface area contributed by atoms with Crippen molar-refractivity contribution >= 4 is 0 Å². The molecule has 0 aromatic carbocycles. The Morgan fingerprint density at radius 1 is 1.13 bits per heavy atom. The molecule has 0 radical (unpaired) electrons. The van der Waals surface area contributed by atoms with E-state index in [-0.39, 0.29) is 5.41 Å². The maximum Gasteiger partial charge on any atom is 0.0499 e. The molecule has 0 bridgehead atoms. The van der Waals surface area contributed by atoms with E-state index in [9.17, 15) is 5.11 Å². The smallest absolute Gasteiger partial charge is 0.0499 e. The lowest BCUT2D eigenvalue weighted by atomic mass is 9.84. The molecule has 2 fully saturated rings. The van der Waals surface area contributed by atoms with Gasteiger partial charge in [0.1, 0.15) is 0 Å². The summed E-state index contributed by atoms with van der Waals surface area (Å²) in [6, 6.07) is 1.29. The van der Waals surface area contributed by atoms with Crippen molar-refractivity contribution in [2.75, 3.05) is 6.61 Å². The van der Waals surface area contributed by atoms with Crippen molar-refractivity contribution in [3.05, 3.63) is 0 Å². The average Bonchev–Trinajstić information content (AvgIpc) is 2.63. The van der Waals surface area contributed by atoms with Crippen LogP contribution in [-0.4, -0.2) is 23.8 Å². The maximum absolute atomic E-state index is 9.49. The Bertz CT molecular complexity index is 201. The lowest BCUT2D eigenvalue weighted by Crippen LogP contribution is -2.47. The van der Waals surface area contributed by atoms with E-state index in [0.717, 1.165) is 6.04 Å². The van der Waals surface area contributed by atoms with Gasteiger partial charge in [0.2, 0.25) is 0 Å². The Morgan fingerprint density at radius 2 is 1.87 bits per heavy atom. The van der Waals surface area contributed by atoms with Gasteiger partial charge in [-0.25, -0.2) is 0 Å². The number of hydrogen-bond donors (Lipinski definition) is 2. The molecule has 15 heavy (non-hydrogen) atoms. The first-order valence-electron chi connectivity index (χ1n) is 6.61. The molecule has 2 rings (SSSR count). The molecule has 2 atom stereocenters. The van der Waals surface area contributed by atoms with Crippen LogP contribution in [0.5, 0.6) is 0 Å². The Morgan fingerprint density at radius 3 is 2.53 bits per heavy atom. The Balaban J connectivity index is 1.87. The van der Waals surface area contributed by atoms with Gasteiger partial charge < -0.3 is 10.4 Å². The monoisotopic (exact) mass is 211 g/mol. The normalized spacial score (nSPS) is 38.4. The summed E-state index contributed by atoms with van der Waals surface area (Å²) in [5, 5.41) is 13.3. The third-order valence-corrected chi connectivity index (χ3v) is 4.49. The van der Waals surface area contributed by atoms with E-state index in [1.807, 2.05) is 0 Å². The SMILES string of the molecule is CC1(CO)CCCC1NC1CCCCC1. The summed E-state index contributed by atoms with van der Waals surface area (Å²) in [5.41, 5.74) is 0.150. The van der Waals surface area contributed by atoms with Gasteiger partial charge >= 0.3 is 0 Å². The predicted molar refractivity (Wildman–Crippen MR) is 62.8 cm³/mol. The molecule has 2 unspecified atom stereocenters. The molecule has 2 nitrogen and oxygen atoms in total. The first kappa shape index (κ1) is 11.4. The Kier molecular flexibility index (Phi) is 3.68. The van der Waals surface area contributed by atoms with Gasteiger partial charge in [-0.2, -0.15) is 0 Å². The van der Waals surface area contributed by atoms with Crippen LogP contribution in [0.25, 0.3) is 0 Å². The van der Waals surface area contributed by atoms with Gasteiger partial charge in [-0.3, -0.25) is 0 Å². The molecule has 2 aliphatic carbocycles. The van der Waals surface area contributed by atoms with Crippen LogP contribution in [0.3, 0.4) is 0 Å². The van der Waals surface area contributed by atoms with E-state index >= 15 is 0 Å². The van der Waals surface area contributed by atoms with E-state index in [0.29, 0.717) is 12.6 Å². The van der Waals surface area contributed by atoms with Crippen LogP contribution in [0.1, 0.15) is 58.3 Å². The van der Waals surface area contributed by atoms with E-state index in [1.54, 1.807) is 0 Å². The highest BCUT2D eigenvalue weighted by molar-refractivity contribution is 4.94. The van der Waals surface area contributed by atoms with Crippen LogP contribution < -0.4 is 5.32 Å². The van der Waals surface area contributed by atoms with Crippen molar-refractivity contribution < 1.29 is 5.11 Å². The number of aliphatic hydroxyl groups excluding tert-OH is 1. The number of nitrogens with one attached hydrogen (secondary N) is 1. The van der Waals surface area contributed by atoms with Gasteiger partial charge in [0, 0.05) is 24.1 Å². The summed E-state index contributed by atoms with van der Waals surface area (Å²) < 4.78 is 0. The van der Waals surface area contributed by atoms with E-state index in [1.165, 1.54) is 51.4 Å². The highest BCUT2D eigenvalue weighted by atomic mass is 16.3. The summed E-state index contributed by atoms with van der Waals surface area (Å²) in [7, 11) is 0. The average molecular weight is 211 g/mol. The molecule has 88 valence electrons. The quantitative estimate of drug-likeness (QED) is 0.751. The third-order valence-electron chi connectivity index (χ3n) is 4.49. The van der Waals surface area contributed by atoms with Crippen molar-refractivity contribution in [2.24, 2.45) is 5.41 Å². The zero-order valence-electron chi connectivity index (χ0n) is 9.97. The standard InChI is InChI=1S/C13H25NO/c1-13(10-15)9-5-8-12(13)14-11-6-3-2-4-7-11/h11-12,14-15H,2-10H2,1H3. The maximum atomic E-state index is 9.49. The van der Waals surface area contributed by atoms with E-state index in [2.05, 4.69) is 12.2 Å². The van der Waals surface area contributed by atoms with E-state index < -0.39 is 0 Å². The predicted octanol–water partition coefficient (Wildman–Crippen LogP) is 2.46. The molecule has 0 aromatic rings. The molecule has 0 aromatic heterocycles. The van der Waals surface area contributed by atoms with Crippen LogP contribution in [0.2, 0.25) is 0 Å². The highest BCUT2D eigenvalue weighted by Crippen LogP contribution is 2.38. The zero-order chi connectivity index (χ0) is 10.7. The molecule has 2 saturated carbocycles. The fraction of sp³-hybridized carbons (Fsp3) is 1.00. The lowest BCUT2D eigenvalue weighted by molar-refractivity contribution is 0.110. The summed E-state index contributed by atoms with van der Waals surface area (Å²) >= 11 is 0. The highest BCUT2D eigenvalue weighted by Gasteiger charge is 2.38. The summed E-state index contributed by atoms with van der Waals surface area (Å²) in [5.74, 6) is 0. The first-order chi connectivity index (χ1) is 7.24. The minimum absolute atomic E-state index is 0.150. The molecule has 0 spiro atoms. The van der Waals surface area contributed by atoms with Gasteiger partial charge in [-0.15, -0.1) is 0 Å². The minimum Gasteiger partial charge on any atom is -0.396 e.